The van der Waals surface area contributed by atoms with Gasteiger partial charge < -0.3 is 14.8 Å². The fourth-order valence-corrected chi connectivity index (χ4v) is 2.80. The van der Waals surface area contributed by atoms with Gasteiger partial charge in [-0.25, -0.2) is 0 Å². The Kier molecular flexibility index (Phi) is 7.36. The van der Waals surface area contributed by atoms with Gasteiger partial charge in [0.2, 0.25) is 5.91 Å². The Morgan fingerprint density at radius 3 is 2.83 bits per heavy atom. The van der Waals surface area contributed by atoms with E-state index in [1.54, 1.807) is 7.11 Å². The molecule has 1 aliphatic rings. The minimum Gasteiger partial charge on any atom is -0.496 e. The van der Waals surface area contributed by atoms with Gasteiger partial charge >= 0.3 is 0 Å². The maximum atomic E-state index is 11.9. The van der Waals surface area contributed by atoms with Gasteiger partial charge in [-0.2, -0.15) is 0 Å². The molecule has 0 atom stereocenters. The van der Waals surface area contributed by atoms with E-state index in [-0.39, 0.29) is 5.91 Å². The molecule has 1 aromatic carbocycles. The van der Waals surface area contributed by atoms with Gasteiger partial charge in [-0.1, -0.05) is 12.1 Å². The molecule has 0 unspecified atom stereocenters. The normalized spacial score (nSPS) is 15.4. The molecule has 0 aliphatic carbocycles. The average Bonchev–Trinajstić information content (AvgIpc) is 2.58. The number of amides is 1. The lowest BCUT2D eigenvalue weighted by Crippen LogP contribution is -2.38. The Morgan fingerprint density at radius 1 is 1.35 bits per heavy atom. The van der Waals surface area contributed by atoms with Crippen molar-refractivity contribution in [1.29, 1.82) is 0 Å². The number of rotatable bonds is 8. The Morgan fingerprint density at radius 2 is 2.13 bits per heavy atom. The number of carbonyl (C=O) groups excluding carboxylic acids is 1. The summed E-state index contributed by atoms with van der Waals surface area (Å²) in [7, 11) is 1.67. The zero-order valence-electron chi connectivity index (χ0n) is 14.3. The van der Waals surface area contributed by atoms with Gasteiger partial charge in [0.25, 0.3) is 0 Å². The summed E-state index contributed by atoms with van der Waals surface area (Å²) in [5.41, 5.74) is 2.28. The molecule has 0 radical (unpaired) electrons. The smallest absolute Gasteiger partial charge is 0.220 e. The fourth-order valence-electron chi connectivity index (χ4n) is 2.80. The summed E-state index contributed by atoms with van der Waals surface area (Å²) in [6, 6.07) is 6.08. The van der Waals surface area contributed by atoms with E-state index >= 15 is 0 Å². The van der Waals surface area contributed by atoms with Crippen LogP contribution in [-0.4, -0.2) is 57.3 Å². The van der Waals surface area contributed by atoms with Crippen LogP contribution >= 0.6 is 0 Å². The number of hydrogen-bond donors (Lipinski definition) is 1. The SMILES string of the molecule is COc1ccc(CCC(=O)NCCCN2CCOCC2)cc1C. The van der Waals surface area contributed by atoms with E-state index in [2.05, 4.69) is 16.3 Å². The van der Waals surface area contributed by atoms with E-state index in [4.69, 9.17) is 9.47 Å². The largest absolute Gasteiger partial charge is 0.496 e. The number of methoxy groups -OCH3 is 1. The second-order valence-electron chi connectivity index (χ2n) is 5.96. The van der Waals surface area contributed by atoms with Crippen molar-refractivity contribution in [2.24, 2.45) is 0 Å². The minimum atomic E-state index is 0.125. The first-order valence-corrected chi connectivity index (χ1v) is 8.39. The predicted molar refractivity (Wildman–Crippen MR) is 90.9 cm³/mol. The van der Waals surface area contributed by atoms with Crippen LogP contribution in [0.15, 0.2) is 18.2 Å². The van der Waals surface area contributed by atoms with Gasteiger partial charge in [-0.15, -0.1) is 0 Å². The zero-order valence-corrected chi connectivity index (χ0v) is 14.3. The second-order valence-corrected chi connectivity index (χ2v) is 5.96. The third-order valence-corrected chi connectivity index (χ3v) is 4.18. The summed E-state index contributed by atoms with van der Waals surface area (Å²) in [6.07, 6.45) is 2.29. The van der Waals surface area contributed by atoms with E-state index < -0.39 is 0 Å². The molecule has 23 heavy (non-hydrogen) atoms. The average molecular weight is 320 g/mol. The molecule has 0 bridgehead atoms. The molecule has 1 aliphatic heterocycles. The van der Waals surface area contributed by atoms with Crippen LogP contribution < -0.4 is 10.1 Å². The summed E-state index contributed by atoms with van der Waals surface area (Å²) in [6.45, 7) is 7.46. The number of carbonyl (C=O) groups is 1. The zero-order chi connectivity index (χ0) is 16.5. The summed E-state index contributed by atoms with van der Waals surface area (Å²) in [5.74, 6) is 1.02. The molecule has 1 N–H and O–H groups in total. The van der Waals surface area contributed by atoms with Gasteiger partial charge in [-0.05, 0) is 43.5 Å². The molecular weight excluding hydrogens is 292 g/mol. The highest BCUT2D eigenvalue weighted by atomic mass is 16.5. The number of benzene rings is 1. The van der Waals surface area contributed by atoms with Crippen molar-refractivity contribution in [3.8, 4) is 5.75 Å². The fraction of sp³-hybridized carbons (Fsp3) is 0.611. The number of hydrogen-bond acceptors (Lipinski definition) is 4. The number of nitrogens with zero attached hydrogens (tertiary/aromatic N) is 1. The van der Waals surface area contributed by atoms with Gasteiger partial charge in [0.1, 0.15) is 5.75 Å². The summed E-state index contributed by atoms with van der Waals surface area (Å²) in [4.78, 5) is 14.3. The molecule has 1 heterocycles. The van der Waals surface area contributed by atoms with Crippen molar-refractivity contribution >= 4 is 5.91 Å². The van der Waals surface area contributed by atoms with Crippen LogP contribution in [0.3, 0.4) is 0 Å². The highest BCUT2D eigenvalue weighted by Gasteiger charge is 2.09. The second kappa shape index (κ2) is 9.53. The summed E-state index contributed by atoms with van der Waals surface area (Å²) < 4.78 is 10.6. The van der Waals surface area contributed by atoms with E-state index in [0.717, 1.165) is 63.5 Å². The van der Waals surface area contributed by atoms with Gasteiger partial charge in [0, 0.05) is 26.1 Å². The van der Waals surface area contributed by atoms with Crippen LogP contribution in [0.4, 0.5) is 0 Å². The molecule has 5 heteroatoms. The van der Waals surface area contributed by atoms with E-state index in [1.807, 2.05) is 19.1 Å². The monoisotopic (exact) mass is 320 g/mol. The van der Waals surface area contributed by atoms with Crippen LogP contribution in [0.2, 0.25) is 0 Å². The quantitative estimate of drug-likeness (QED) is 0.742. The third-order valence-electron chi connectivity index (χ3n) is 4.18. The Hall–Kier alpha value is -1.59. The van der Waals surface area contributed by atoms with Crippen molar-refractivity contribution in [3.63, 3.8) is 0 Å². The Balaban J connectivity index is 1.60. The Bertz CT molecular complexity index is 499. The van der Waals surface area contributed by atoms with Crippen LogP contribution in [-0.2, 0) is 16.0 Å². The first kappa shape index (κ1) is 17.8. The molecule has 1 aromatic rings. The number of ether oxygens (including phenoxy) is 2. The lowest BCUT2D eigenvalue weighted by atomic mass is 10.1. The predicted octanol–water partition coefficient (Wildman–Crippen LogP) is 1.77. The maximum absolute atomic E-state index is 11.9. The molecule has 5 nitrogen and oxygen atoms in total. The topological polar surface area (TPSA) is 50.8 Å². The Labute approximate surface area is 139 Å². The first-order chi connectivity index (χ1) is 11.2. The number of nitrogens with one attached hydrogen (secondary N) is 1. The van der Waals surface area contributed by atoms with Crippen molar-refractivity contribution < 1.29 is 14.3 Å². The molecule has 0 saturated carbocycles. The van der Waals surface area contributed by atoms with Crippen molar-refractivity contribution in [2.75, 3.05) is 46.5 Å². The lowest BCUT2D eigenvalue weighted by Gasteiger charge is -2.26. The van der Waals surface area contributed by atoms with E-state index in [1.165, 1.54) is 5.56 Å². The standard InChI is InChI=1S/C18H28N2O3/c1-15-14-16(4-6-17(15)22-2)5-7-18(21)19-8-3-9-20-10-12-23-13-11-20/h4,6,14H,3,5,7-13H2,1-2H3,(H,19,21). The third kappa shape index (κ3) is 6.20. The van der Waals surface area contributed by atoms with Gasteiger partial charge in [0.15, 0.2) is 0 Å². The molecule has 1 amide bonds. The molecule has 0 spiro atoms. The van der Waals surface area contributed by atoms with Crippen molar-refractivity contribution in [2.45, 2.75) is 26.2 Å². The molecule has 0 aromatic heterocycles. The molecule has 128 valence electrons. The number of aryl methyl sites for hydroxylation is 2. The highest BCUT2D eigenvalue weighted by molar-refractivity contribution is 5.76. The molecule has 1 saturated heterocycles. The summed E-state index contributed by atoms with van der Waals surface area (Å²) in [5, 5.41) is 3.01. The van der Waals surface area contributed by atoms with Crippen molar-refractivity contribution in [3.05, 3.63) is 29.3 Å². The number of morpholine rings is 1. The minimum absolute atomic E-state index is 0.125. The maximum Gasteiger partial charge on any atom is 0.220 e. The van der Waals surface area contributed by atoms with Crippen LogP contribution in [0, 0.1) is 6.92 Å². The molecule has 2 rings (SSSR count). The van der Waals surface area contributed by atoms with Crippen molar-refractivity contribution in [1.82, 2.24) is 10.2 Å². The van der Waals surface area contributed by atoms with E-state index in [9.17, 15) is 4.79 Å². The molecular formula is C18H28N2O3. The van der Waals surface area contributed by atoms with Crippen LogP contribution in [0.5, 0.6) is 5.75 Å². The van der Waals surface area contributed by atoms with Gasteiger partial charge in [0.05, 0.1) is 20.3 Å². The van der Waals surface area contributed by atoms with Gasteiger partial charge in [-0.3, -0.25) is 9.69 Å². The van der Waals surface area contributed by atoms with Crippen LogP contribution in [0.25, 0.3) is 0 Å². The summed E-state index contributed by atoms with van der Waals surface area (Å²) >= 11 is 0. The van der Waals surface area contributed by atoms with E-state index in [0.29, 0.717) is 6.42 Å². The van der Waals surface area contributed by atoms with Crippen LogP contribution in [0.1, 0.15) is 24.0 Å². The first-order valence-electron chi connectivity index (χ1n) is 8.39. The molecule has 1 fully saturated rings. The highest BCUT2D eigenvalue weighted by Crippen LogP contribution is 2.19. The lowest BCUT2D eigenvalue weighted by molar-refractivity contribution is -0.121.